The van der Waals surface area contributed by atoms with Gasteiger partial charge in [-0.05, 0) is 38.2 Å². The fraction of sp³-hybridized carbons (Fsp3) is 0.350. The van der Waals surface area contributed by atoms with Gasteiger partial charge in [0, 0.05) is 18.3 Å². The van der Waals surface area contributed by atoms with Gasteiger partial charge in [0.15, 0.2) is 11.5 Å². The number of carbonyl (C=O) groups excluding carboxylic acids is 1. The van der Waals surface area contributed by atoms with Crippen molar-refractivity contribution in [2.24, 2.45) is 0 Å². The van der Waals surface area contributed by atoms with Crippen molar-refractivity contribution in [1.82, 2.24) is 4.90 Å². The van der Waals surface area contributed by atoms with Crippen LogP contribution in [0.3, 0.4) is 0 Å². The normalized spacial score (nSPS) is 14.0. The van der Waals surface area contributed by atoms with Crippen molar-refractivity contribution in [3.8, 4) is 17.2 Å². The molecule has 0 aliphatic carbocycles. The third-order valence-corrected chi connectivity index (χ3v) is 4.31. The maximum absolute atomic E-state index is 12.5. The van der Waals surface area contributed by atoms with Crippen LogP contribution in [0.25, 0.3) is 0 Å². The molecule has 138 valence electrons. The Balaban J connectivity index is 1.49. The van der Waals surface area contributed by atoms with Crippen LogP contribution in [0.1, 0.15) is 6.92 Å². The van der Waals surface area contributed by atoms with E-state index in [1.165, 1.54) is 0 Å². The molecule has 6 heteroatoms. The predicted octanol–water partition coefficient (Wildman–Crippen LogP) is 2.80. The standard InChI is InChI=1S/C20H24N2O4/c1-15(22(2)10-11-24-17-6-4-3-5-7-17)20(23)21-16-8-9-18-19(14-16)26-13-12-25-18/h3-9,14-15H,10-13H2,1-2H3,(H,21,23). The number of fused-ring (bicyclic) bond motifs is 1. The first kappa shape index (κ1) is 18.1. The van der Waals surface area contributed by atoms with Gasteiger partial charge >= 0.3 is 0 Å². The summed E-state index contributed by atoms with van der Waals surface area (Å²) in [5, 5.41) is 2.92. The molecule has 0 spiro atoms. The summed E-state index contributed by atoms with van der Waals surface area (Å²) in [6.07, 6.45) is 0. The van der Waals surface area contributed by atoms with Crippen LogP contribution in [0.5, 0.6) is 17.2 Å². The molecule has 3 rings (SSSR count). The second-order valence-corrected chi connectivity index (χ2v) is 6.17. The van der Waals surface area contributed by atoms with Gasteiger partial charge in [-0.1, -0.05) is 18.2 Å². The van der Waals surface area contributed by atoms with Gasteiger partial charge in [-0.25, -0.2) is 0 Å². The number of nitrogens with zero attached hydrogens (tertiary/aromatic N) is 1. The average molecular weight is 356 g/mol. The van der Waals surface area contributed by atoms with Gasteiger partial charge in [-0.3, -0.25) is 9.69 Å². The number of ether oxygens (including phenoxy) is 3. The van der Waals surface area contributed by atoms with Crippen molar-refractivity contribution in [3.05, 3.63) is 48.5 Å². The minimum Gasteiger partial charge on any atom is -0.492 e. The quantitative estimate of drug-likeness (QED) is 0.827. The molecular formula is C20H24N2O4. The Kier molecular flexibility index (Phi) is 5.96. The van der Waals surface area contributed by atoms with Crippen LogP contribution in [0.2, 0.25) is 0 Å². The molecule has 2 aromatic rings. The summed E-state index contributed by atoms with van der Waals surface area (Å²) >= 11 is 0. The Labute approximate surface area is 153 Å². The number of nitrogens with one attached hydrogen (secondary N) is 1. The van der Waals surface area contributed by atoms with Gasteiger partial charge in [0.2, 0.25) is 5.91 Å². The van der Waals surface area contributed by atoms with Crippen molar-refractivity contribution < 1.29 is 19.0 Å². The van der Waals surface area contributed by atoms with Gasteiger partial charge in [-0.2, -0.15) is 0 Å². The van der Waals surface area contributed by atoms with Crippen molar-refractivity contribution >= 4 is 11.6 Å². The topological polar surface area (TPSA) is 60.0 Å². The summed E-state index contributed by atoms with van der Waals surface area (Å²) in [7, 11) is 1.91. The zero-order valence-electron chi connectivity index (χ0n) is 15.1. The lowest BCUT2D eigenvalue weighted by atomic mass is 10.2. The highest BCUT2D eigenvalue weighted by atomic mass is 16.6. The molecule has 0 fully saturated rings. The Morgan fingerprint density at radius 2 is 1.88 bits per heavy atom. The van der Waals surface area contributed by atoms with E-state index < -0.39 is 0 Å². The lowest BCUT2D eigenvalue weighted by Crippen LogP contribution is -2.41. The maximum Gasteiger partial charge on any atom is 0.241 e. The second-order valence-electron chi connectivity index (χ2n) is 6.17. The first-order valence-corrected chi connectivity index (χ1v) is 8.72. The van der Waals surface area contributed by atoms with E-state index in [1.54, 1.807) is 6.07 Å². The molecule has 0 aromatic heterocycles. The van der Waals surface area contributed by atoms with E-state index in [2.05, 4.69) is 5.32 Å². The molecule has 0 bridgehead atoms. The number of hydrogen-bond acceptors (Lipinski definition) is 5. The SMILES string of the molecule is CC(C(=O)Nc1ccc2c(c1)OCCO2)N(C)CCOc1ccccc1. The van der Waals surface area contributed by atoms with Crippen molar-refractivity contribution in [2.75, 3.05) is 38.7 Å². The van der Waals surface area contributed by atoms with Crippen LogP contribution in [0.4, 0.5) is 5.69 Å². The molecule has 1 amide bonds. The largest absolute Gasteiger partial charge is 0.492 e. The van der Waals surface area contributed by atoms with Crippen LogP contribution in [0, 0.1) is 0 Å². The van der Waals surface area contributed by atoms with Crippen LogP contribution < -0.4 is 19.5 Å². The second kappa shape index (κ2) is 8.58. The van der Waals surface area contributed by atoms with E-state index in [0.29, 0.717) is 43.6 Å². The molecule has 1 atom stereocenters. The molecule has 1 aliphatic heterocycles. The predicted molar refractivity (Wildman–Crippen MR) is 100 cm³/mol. The summed E-state index contributed by atoms with van der Waals surface area (Å²) in [4.78, 5) is 14.4. The molecule has 0 saturated heterocycles. The fourth-order valence-corrected chi connectivity index (χ4v) is 2.59. The molecule has 26 heavy (non-hydrogen) atoms. The summed E-state index contributed by atoms with van der Waals surface area (Å²) in [6.45, 7) is 4.10. The molecular weight excluding hydrogens is 332 g/mol. The van der Waals surface area contributed by atoms with Crippen LogP contribution in [0.15, 0.2) is 48.5 Å². The Hall–Kier alpha value is -2.73. The number of likely N-dealkylation sites (N-methyl/N-ethyl adjacent to an activating group) is 1. The molecule has 1 N–H and O–H groups in total. The number of anilines is 1. The molecule has 0 saturated carbocycles. The molecule has 1 unspecified atom stereocenters. The number of hydrogen-bond donors (Lipinski definition) is 1. The molecule has 2 aromatic carbocycles. The summed E-state index contributed by atoms with van der Waals surface area (Å²) in [5.41, 5.74) is 0.694. The highest BCUT2D eigenvalue weighted by molar-refractivity contribution is 5.94. The van der Waals surface area contributed by atoms with Gasteiger partial charge in [0.25, 0.3) is 0 Å². The first-order chi connectivity index (χ1) is 12.6. The number of para-hydroxylation sites is 1. The third-order valence-electron chi connectivity index (χ3n) is 4.31. The summed E-state index contributed by atoms with van der Waals surface area (Å²) in [6, 6.07) is 14.8. The highest BCUT2D eigenvalue weighted by Crippen LogP contribution is 2.32. The zero-order chi connectivity index (χ0) is 18.4. The van der Waals surface area contributed by atoms with E-state index in [4.69, 9.17) is 14.2 Å². The fourth-order valence-electron chi connectivity index (χ4n) is 2.59. The molecule has 1 aliphatic rings. The monoisotopic (exact) mass is 356 g/mol. The van der Waals surface area contributed by atoms with Crippen molar-refractivity contribution in [1.29, 1.82) is 0 Å². The van der Waals surface area contributed by atoms with Crippen molar-refractivity contribution in [2.45, 2.75) is 13.0 Å². The molecule has 0 radical (unpaired) electrons. The number of benzene rings is 2. The summed E-state index contributed by atoms with van der Waals surface area (Å²) < 4.78 is 16.7. The van der Waals surface area contributed by atoms with Crippen LogP contribution >= 0.6 is 0 Å². The minimum atomic E-state index is -0.289. The van der Waals surface area contributed by atoms with Gasteiger partial charge < -0.3 is 19.5 Å². The number of amides is 1. The first-order valence-electron chi connectivity index (χ1n) is 8.72. The minimum absolute atomic E-state index is 0.0797. The van der Waals surface area contributed by atoms with Gasteiger partial charge in [0.1, 0.15) is 25.6 Å². The Bertz CT molecular complexity index is 736. The molecule has 1 heterocycles. The number of carbonyl (C=O) groups is 1. The van der Waals surface area contributed by atoms with E-state index in [-0.39, 0.29) is 11.9 Å². The van der Waals surface area contributed by atoms with E-state index in [1.807, 2.05) is 61.3 Å². The van der Waals surface area contributed by atoms with Crippen LogP contribution in [-0.2, 0) is 4.79 Å². The lowest BCUT2D eigenvalue weighted by molar-refractivity contribution is -0.120. The van der Waals surface area contributed by atoms with Crippen LogP contribution in [-0.4, -0.2) is 50.3 Å². The van der Waals surface area contributed by atoms with Gasteiger partial charge in [-0.15, -0.1) is 0 Å². The Morgan fingerprint density at radius 1 is 1.15 bits per heavy atom. The van der Waals surface area contributed by atoms with E-state index in [0.717, 1.165) is 5.75 Å². The van der Waals surface area contributed by atoms with E-state index >= 15 is 0 Å². The van der Waals surface area contributed by atoms with Crippen molar-refractivity contribution in [3.63, 3.8) is 0 Å². The highest BCUT2D eigenvalue weighted by Gasteiger charge is 2.19. The van der Waals surface area contributed by atoms with E-state index in [9.17, 15) is 4.79 Å². The zero-order valence-corrected chi connectivity index (χ0v) is 15.1. The maximum atomic E-state index is 12.5. The summed E-state index contributed by atoms with van der Waals surface area (Å²) in [5.74, 6) is 2.11. The van der Waals surface area contributed by atoms with Gasteiger partial charge in [0.05, 0.1) is 6.04 Å². The lowest BCUT2D eigenvalue weighted by Gasteiger charge is -2.24. The molecule has 6 nitrogen and oxygen atoms in total. The average Bonchev–Trinajstić information content (AvgIpc) is 2.68. The number of rotatable bonds is 7. The smallest absolute Gasteiger partial charge is 0.241 e. The Morgan fingerprint density at radius 3 is 2.65 bits per heavy atom. The third kappa shape index (κ3) is 4.67.